The van der Waals surface area contributed by atoms with Gasteiger partial charge in [0.05, 0.1) is 0 Å². The summed E-state index contributed by atoms with van der Waals surface area (Å²) in [5, 5.41) is 8.78. The smallest absolute Gasteiger partial charge is 0.417 e. The van der Waals surface area contributed by atoms with Crippen molar-refractivity contribution in [3.63, 3.8) is 0 Å². The Hall–Kier alpha value is -1.55. The number of hydrogen-bond donors (Lipinski definition) is 1. The van der Waals surface area contributed by atoms with Gasteiger partial charge in [-0.1, -0.05) is 23.7 Å². The van der Waals surface area contributed by atoms with Crippen molar-refractivity contribution in [2.24, 2.45) is 0 Å². The second-order valence-electron chi connectivity index (χ2n) is 2.51. The molecule has 0 amide bonds. The van der Waals surface area contributed by atoms with Gasteiger partial charge in [0.1, 0.15) is 6.61 Å². The Morgan fingerprint density at radius 3 is 2.36 bits per heavy atom. The molecule has 0 aliphatic heterocycles. The number of carboxylic acids is 1. The zero-order chi connectivity index (χ0) is 10.6. The molecule has 0 radical (unpaired) electrons. The first-order chi connectivity index (χ1) is 6.59. The summed E-state index contributed by atoms with van der Waals surface area (Å²) in [7, 11) is 0. The molecule has 0 saturated carbocycles. The molecule has 1 N–H and O–H groups in total. The highest BCUT2D eigenvalue weighted by molar-refractivity contribution is 6.30. The zero-order valence-electron chi connectivity index (χ0n) is 7.07. The van der Waals surface area contributed by atoms with Gasteiger partial charge in [0.25, 0.3) is 0 Å². The van der Waals surface area contributed by atoms with Crippen molar-refractivity contribution >= 4 is 23.5 Å². The van der Waals surface area contributed by atoms with Gasteiger partial charge >= 0.3 is 11.9 Å². The lowest BCUT2D eigenvalue weighted by Gasteiger charge is -2.01. The lowest BCUT2D eigenvalue weighted by molar-refractivity contribution is -0.164. The third kappa shape index (κ3) is 3.06. The molecule has 14 heavy (non-hydrogen) atoms. The Morgan fingerprint density at radius 2 is 1.86 bits per heavy atom. The second kappa shape index (κ2) is 4.62. The number of carbonyl (C=O) groups excluding carboxylic acids is 1. The molecule has 4 nitrogen and oxygen atoms in total. The van der Waals surface area contributed by atoms with Crippen LogP contribution in [-0.4, -0.2) is 17.0 Å². The molecule has 0 fully saturated rings. The van der Waals surface area contributed by atoms with Crippen molar-refractivity contribution in [1.82, 2.24) is 0 Å². The van der Waals surface area contributed by atoms with E-state index in [1.165, 1.54) is 0 Å². The van der Waals surface area contributed by atoms with E-state index in [0.717, 1.165) is 0 Å². The number of aliphatic carboxylic acids is 1. The van der Waals surface area contributed by atoms with E-state index >= 15 is 0 Å². The first-order valence-corrected chi connectivity index (χ1v) is 4.12. The summed E-state index contributed by atoms with van der Waals surface area (Å²) in [4.78, 5) is 20.6. The summed E-state index contributed by atoms with van der Waals surface area (Å²) < 4.78 is 4.45. The summed E-state index contributed by atoms with van der Waals surface area (Å²) >= 11 is 5.62. The molecule has 1 aromatic carbocycles. The quantitative estimate of drug-likeness (QED) is 0.598. The highest BCUT2D eigenvalue weighted by Crippen LogP contribution is 2.10. The molecule has 0 aromatic heterocycles. The minimum Gasteiger partial charge on any atom is -0.473 e. The van der Waals surface area contributed by atoms with Gasteiger partial charge in [0.2, 0.25) is 0 Å². The standard InChI is InChI=1S/C9H7ClO4/c10-7-3-1-6(2-4-7)5-14-9(13)8(11)12/h1-4H,5H2,(H,11,12). The second-order valence-corrected chi connectivity index (χ2v) is 2.94. The third-order valence-corrected chi connectivity index (χ3v) is 1.71. The van der Waals surface area contributed by atoms with E-state index in [-0.39, 0.29) is 6.61 Å². The number of ether oxygens (including phenoxy) is 1. The van der Waals surface area contributed by atoms with Gasteiger partial charge < -0.3 is 9.84 Å². The van der Waals surface area contributed by atoms with Crippen molar-refractivity contribution in [1.29, 1.82) is 0 Å². The van der Waals surface area contributed by atoms with Gasteiger partial charge in [-0.05, 0) is 17.7 Å². The molecule has 0 bridgehead atoms. The van der Waals surface area contributed by atoms with E-state index in [9.17, 15) is 9.59 Å². The normalized spacial score (nSPS) is 9.50. The molecule has 1 aromatic rings. The topological polar surface area (TPSA) is 63.6 Å². The number of benzene rings is 1. The number of esters is 1. The summed E-state index contributed by atoms with van der Waals surface area (Å²) in [6.45, 7) is -0.0672. The van der Waals surface area contributed by atoms with Gasteiger partial charge in [-0.25, -0.2) is 9.59 Å². The fraction of sp³-hybridized carbons (Fsp3) is 0.111. The molecular weight excluding hydrogens is 208 g/mol. The highest BCUT2D eigenvalue weighted by Gasteiger charge is 2.12. The Balaban J connectivity index is 2.50. The van der Waals surface area contributed by atoms with Gasteiger partial charge in [-0.15, -0.1) is 0 Å². The predicted octanol–water partition coefficient (Wildman–Crippen LogP) is 1.47. The van der Waals surface area contributed by atoms with Crippen molar-refractivity contribution in [3.05, 3.63) is 34.9 Å². The van der Waals surface area contributed by atoms with E-state index in [1.807, 2.05) is 0 Å². The van der Waals surface area contributed by atoms with Crippen LogP contribution in [0.15, 0.2) is 24.3 Å². The first-order valence-electron chi connectivity index (χ1n) is 3.74. The maximum atomic E-state index is 10.5. The fourth-order valence-corrected chi connectivity index (χ4v) is 0.917. The van der Waals surface area contributed by atoms with Crippen LogP contribution in [0.1, 0.15) is 5.56 Å². The van der Waals surface area contributed by atoms with Crippen molar-refractivity contribution < 1.29 is 19.4 Å². The van der Waals surface area contributed by atoms with E-state index in [2.05, 4.69) is 4.74 Å². The van der Waals surface area contributed by atoms with Crippen LogP contribution in [0.3, 0.4) is 0 Å². The molecule has 0 aliphatic rings. The molecular formula is C9H7ClO4. The van der Waals surface area contributed by atoms with Crippen LogP contribution in [0, 0.1) is 0 Å². The van der Waals surface area contributed by atoms with Crippen molar-refractivity contribution in [2.75, 3.05) is 0 Å². The molecule has 0 atom stereocenters. The molecule has 0 heterocycles. The van der Waals surface area contributed by atoms with E-state index < -0.39 is 11.9 Å². The van der Waals surface area contributed by atoms with Gasteiger partial charge in [0.15, 0.2) is 0 Å². The number of carbonyl (C=O) groups is 2. The molecule has 5 heteroatoms. The van der Waals surface area contributed by atoms with E-state index in [0.29, 0.717) is 10.6 Å². The maximum Gasteiger partial charge on any atom is 0.417 e. The lowest BCUT2D eigenvalue weighted by Crippen LogP contribution is -2.15. The molecule has 0 saturated heterocycles. The number of carboxylic acid groups (broad SMARTS) is 1. The van der Waals surface area contributed by atoms with Crippen LogP contribution < -0.4 is 0 Å². The summed E-state index contributed by atoms with van der Waals surface area (Å²) in [6, 6.07) is 6.56. The fourth-order valence-electron chi connectivity index (χ4n) is 0.791. The zero-order valence-corrected chi connectivity index (χ0v) is 7.82. The van der Waals surface area contributed by atoms with Crippen LogP contribution >= 0.6 is 11.6 Å². The molecule has 0 unspecified atom stereocenters. The van der Waals surface area contributed by atoms with E-state index in [1.54, 1.807) is 24.3 Å². The summed E-state index contributed by atoms with van der Waals surface area (Å²) in [5.74, 6) is -2.86. The molecule has 0 spiro atoms. The van der Waals surface area contributed by atoms with Gasteiger partial charge in [-0.3, -0.25) is 0 Å². The Morgan fingerprint density at radius 1 is 1.29 bits per heavy atom. The average Bonchev–Trinajstić information content (AvgIpc) is 2.16. The van der Waals surface area contributed by atoms with Gasteiger partial charge in [-0.2, -0.15) is 0 Å². The Bertz CT molecular complexity index is 344. The van der Waals surface area contributed by atoms with E-state index in [4.69, 9.17) is 16.7 Å². The summed E-state index contributed by atoms with van der Waals surface area (Å²) in [5.41, 5.74) is 0.684. The predicted molar refractivity (Wildman–Crippen MR) is 48.9 cm³/mol. The Kier molecular flexibility index (Phi) is 3.48. The van der Waals surface area contributed by atoms with Crippen LogP contribution in [0.4, 0.5) is 0 Å². The average molecular weight is 215 g/mol. The largest absolute Gasteiger partial charge is 0.473 e. The molecule has 74 valence electrons. The van der Waals surface area contributed by atoms with Crippen LogP contribution in [0.5, 0.6) is 0 Å². The van der Waals surface area contributed by atoms with Crippen LogP contribution in [-0.2, 0) is 20.9 Å². The minimum absolute atomic E-state index is 0.0672. The van der Waals surface area contributed by atoms with Gasteiger partial charge in [0, 0.05) is 5.02 Å². The molecule has 0 aliphatic carbocycles. The van der Waals surface area contributed by atoms with Crippen molar-refractivity contribution in [2.45, 2.75) is 6.61 Å². The summed E-state index contributed by atoms with van der Waals surface area (Å²) in [6.07, 6.45) is 0. The third-order valence-electron chi connectivity index (χ3n) is 1.46. The van der Waals surface area contributed by atoms with Crippen molar-refractivity contribution in [3.8, 4) is 0 Å². The first kappa shape index (κ1) is 10.5. The Labute approximate surface area is 85.1 Å². The minimum atomic E-state index is -1.60. The number of halogens is 1. The SMILES string of the molecule is O=C(O)C(=O)OCc1ccc(Cl)cc1. The maximum absolute atomic E-state index is 10.5. The lowest BCUT2D eigenvalue weighted by atomic mass is 10.2. The monoisotopic (exact) mass is 214 g/mol. The van der Waals surface area contributed by atoms with Crippen LogP contribution in [0.2, 0.25) is 5.02 Å². The number of hydrogen-bond acceptors (Lipinski definition) is 3. The number of rotatable bonds is 2. The highest BCUT2D eigenvalue weighted by atomic mass is 35.5. The molecule has 1 rings (SSSR count). The van der Waals surface area contributed by atoms with Crippen LogP contribution in [0.25, 0.3) is 0 Å².